The lowest BCUT2D eigenvalue weighted by Gasteiger charge is -2.33. The van der Waals surface area contributed by atoms with Gasteiger partial charge in [0.05, 0.1) is 162 Å². The second-order valence-corrected chi connectivity index (χ2v) is 23.4. The quantitative estimate of drug-likeness (QED) is 0.155. The van der Waals surface area contributed by atoms with Gasteiger partial charge in [0, 0.05) is 35.2 Å². The fourth-order valence-electron chi connectivity index (χ4n) is 10.6. The van der Waals surface area contributed by atoms with Gasteiger partial charge >= 0.3 is 11.9 Å². The lowest BCUT2D eigenvalue weighted by atomic mass is 9.86. The van der Waals surface area contributed by atoms with E-state index in [9.17, 15) is 14.7 Å². The summed E-state index contributed by atoms with van der Waals surface area (Å²) in [7, 11) is 26.0. The van der Waals surface area contributed by atoms with E-state index in [1.165, 1.54) is 0 Å². The number of hydrogen-bond acceptors (Lipinski definition) is 9. The van der Waals surface area contributed by atoms with Crippen LogP contribution in [-0.4, -0.2) is 171 Å². The molecule has 6 aliphatic rings. The van der Waals surface area contributed by atoms with Crippen LogP contribution in [0, 0.1) is 23.7 Å². The first kappa shape index (κ1) is 49.7. The van der Waals surface area contributed by atoms with Gasteiger partial charge in [-0.15, -0.1) is 5.76 Å². The Bertz CT molecular complexity index is 2320. The first-order valence-corrected chi connectivity index (χ1v) is 23.5. The zero-order chi connectivity index (χ0) is 48.1. The molecule has 1 aliphatic carbocycles. The molecule has 0 amide bonds. The fraction of sp³-hybridized carbons (Fsp3) is 0.596. The number of quaternary nitrogens is 4. The molecule has 5 aliphatic heterocycles. The number of rotatable bonds is 17. The van der Waals surface area contributed by atoms with Gasteiger partial charge in [-0.2, -0.15) is 0 Å². The van der Waals surface area contributed by atoms with Crippen LogP contribution in [0.15, 0.2) is 106 Å². The molecule has 6 rings (SSSR count). The number of nitrogens with zero attached hydrogens (tertiary/aromatic N) is 7. The van der Waals surface area contributed by atoms with E-state index in [0.29, 0.717) is 41.3 Å². The molecule has 65 heavy (non-hydrogen) atoms. The summed E-state index contributed by atoms with van der Waals surface area (Å²) in [4.78, 5) is 43.6. The number of hydrogen-bond donors (Lipinski definition) is 1. The Balaban J connectivity index is 1.40. The van der Waals surface area contributed by atoms with Crippen LogP contribution in [0.1, 0.15) is 60.3 Å². The Morgan fingerprint density at radius 3 is 1.83 bits per heavy atom. The lowest BCUT2D eigenvalue weighted by Crippen LogP contribution is -2.48. The minimum absolute atomic E-state index is 0.0432. The Hall–Kier alpha value is -4.69. The van der Waals surface area contributed by atoms with Crippen LogP contribution in [0.5, 0.6) is 0 Å². The van der Waals surface area contributed by atoms with Crippen LogP contribution in [0.4, 0.5) is 0 Å². The van der Waals surface area contributed by atoms with E-state index < -0.39 is 5.97 Å². The lowest BCUT2D eigenvalue weighted by molar-refractivity contribution is -0.896. The molecule has 13 nitrogen and oxygen atoms in total. The minimum atomic E-state index is -0.402. The largest absolute Gasteiger partial charge is 0.875 e. The van der Waals surface area contributed by atoms with Crippen molar-refractivity contribution in [3.8, 4) is 0 Å². The smallest absolute Gasteiger partial charge is 0.340 e. The maximum Gasteiger partial charge on any atom is 0.340 e. The molecule has 0 aromatic carbocycles. The van der Waals surface area contributed by atoms with Crippen molar-refractivity contribution < 1.29 is 42.1 Å². The van der Waals surface area contributed by atoms with Gasteiger partial charge in [-0.3, -0.25) is 4.79 Å². The molecule has 1 fully saturated rings. The molecule has 0 saturated carbocycles. The highest BCUT2D eigenvalue weighted by Gasteiger charge is 2.41. The van der Waals surface area contributed by atoms with E-state index in [2.05, 4.69) is 111 Å². The predicted molar refractivity (Wildman–Crippen MR) is 259 cm³/mol. The van der Waals surface area contributed by atoms with Crippen molar-refractivity contribution in [2.24, 2.45) is 38.6 Å². The number of ether oxygens (including phenoxy) is 2. The summed E-state index contributed by atoms with van der Waals surface area (Å²) in [5.41, 5.74) is 11.5. The van der Waals surface area contributed by atoms with E-state index in [1.807, 2.05) is 32.1 Å². The number of allylic oxidation sites excluding steroid dienone is 11. The highest BCUT2D eigenvalue weighted by Crippen LogP contribution is 2.46. The average molecular weight is 896 g/mol. The highest BCUT2D eigenvalue weighted by atomic mass is 16.5. The Kier molecular flexibility index (Phi) is 14.2. The predicted octanol–water partition coefficient (Wildman–Crippen LogP) is 5.38. The summed E-state index contributed by atoms with van der Waals surface area (Å²) in [5, 5.41) is 17.7. The number of fused-ring (bicyclic) bond motifs is 5. The summed E-state index contributed by atoms with van der Waals surface area (Å²) in [6.07, 6.45) is 7.66. The number of carbonyl (C=O) groups is 2. The molecule has 13 heteroatoms. The molecule has 1 N–H and O–H groups in total. The maximum absolute atomic E-state index is 14.5. The molecule has 1 saturated heterocycles. The molecular formula is C52H79N8O5+3. The number of esters is 2. The molecular weight excluding hydrogens is 817 g/mol. The first-order valence-electron chi connectivity index (χ1n) is 23.5. The van der Waals surface area contributed by atoms with Gasteiger partial charge in [-0.1, -0.05) is 13.8 Å². The van der Waals surface area contributed by atoms with Crippen molar-refractivity contribution in [2.75, 3.05) is 124 Å². The number of nitrogens with one attached hydrogen (secondary N) is 1. The first-order chi connectivity index (χ1) is 30.0. The van der Waals surface area contributed by atoms with E-state index in [-0.39, 0.29) is 54.8 Å². The third kappa shape index (κ3) is 11.8. The van der Waals surface area contributed by atoms with Gasteiger partial charge in [0.25, 0.3) is 0 Å². The van der Waals surface area contributed by atoms with E-state index >= 15 is 0 Å². The van der Waals surface area contributed by atoms with Crippen molar-refractivity contribution >= 4 is 29.1 Å². The van der Waals surface area contributed by atoms with Gasteiger partial charge < -0.3 is 37.8 Å². The summed E-state index contributed by atoms with van der Waals surface area (Å²) in [5.74, 6) is -0.443. The summed E-state index contributed by atoms with van der Waals surface area (Å²) >= 11 is 0. The normalized spacial score (nSPS) is 21.4. The van der Waals surface area contributed by atoms with Gasteiger partial charge in [-0.25, -0.2) is 19.8 Å². The Morgan fingerprint density at radius 2 is 1.28 bits per heavy atom. The van der Waals surface area contributed by atoms with E-state index in [4.69, 9.17) is 24.5 Å². The van der Waals surface area contributed by atoms with Gasteiger partial charge in [0.1, 0.15) is 13.2 Å². The zero-order valence-electron chi connectivity index (χ0n) is 42.8. The van der Waals surface area contributed by atoms with Gasteiger partial charge in [0.2, 0.25) is 0 Å². The molecule has 0 unspecified atom stereocenters. The van der Waals surface area contributed by atoms with Crippen LogP contribution in [0.3, 0.4) is 0 Å². The summed E-state index contributed by atoms with van der Waals surface area (Å²) in [6, 6.07) is 0. The van der Waals surface area contributed by atoms with Crippen LogP contribution in [0.25, 0.3) is 0 Å². The molecule has 0 spiro atoms. The molecule has 0 aromatic rings. The van der Waals surface area contributed by atoms with Crippen LogP contribution >= 0.6 is 0 Å². The van der Waals surface area contributed by atoms with Crippen molar-refractivity contribution in [1.29, 1.82) is 0 Å². The zero-order valence-corrected chi connectivity index (χ0v) is 42.8. The van der Waals surface area contributed by atoms with Crippen molar-refractivity contribution in [1.82, 2.24) is 5.32 Å². The third-order valence-electron chi connectivity index (χ3n) is 13.1. The molecule has 0 aromatic heterocycles. The molecule has 5 heterocycles. The second kappa shape index (κ2) is 18.5. The van der Waals surface area contributed by atoms with Crippen molar-refractivity contribution in [3.05, 3.63) is 91.5 Å². The van der Waals surface area contributed by atoms with E-state index in [1.54, 1.807) is 0 Å². The SMILES string of the molecule is CCC1=C(C)C2=NC1=CC1=C(C)C3=C([O-])CC(=C4NC(=CC5=NC(=C2)C(C(=O)OCC(C[N+](C)(C)C)C[N+](C)(C)C)=C5C)[C@@H](C)[C@@H]4CCC(=O)OCC(C[N+](C)(C)C)C[N+](C)(C)C)C3=N1. The molecule has 8 bridgehead atoms. The van der Waals surface area contributed by atoms with Crippen molar-refractivity contribution in [2.45, 2.75) is 60.3 Å². The Labute approximate surface area is 389 Å². The van der Waals surface area contributed by atoms with Crippen LogP contribution in [-0.2, 0) is 19.1 Å². The summed E-state index contributed by atoms with van der Waals surface area (Å²) < 4.78 is 15.4. The van der Waals surface area contributed by atoms with E-state index in [0.717, 1.165) is 107 Å². The molecule has 2 atom stereocenters. The average Bonchev–Trinajstić information content (AvgIpc) is 3.91. The topological polar surface area (TPSA) is 125 Å². The standard InChI is InChI=1S/C52H78N8O5/c1-18-37-31(2)40-24-45-48(52(63)65-30-36(27-59(12,13)14)28-60(15,16)17)33(4)42(54-45)22-41-32(3)38(19-20-47(62)64-29-35(25-57(6,7)8)26-58(9,10)11)50(55-41)39-21-46(61)49-34(5)43(56-51(39)49)23-44(37)53-40/h22-24,32,35-36,38H,18-21,25-30H2,1-17H3/q+2/p+1/t32-,38-/m0/s1. The van der Waals surface area contributed by atoms with Crippen molar-refractivity contribution in [3.63, 3.8) is 0 Å². The van der Waals surface area contributed by atoms with Crippen LogP contribution < -0.4 is 10.4 Å². The molecule has 0 radical (unpaired) electrons. The Morgan fingerprint density at radius 1 is 0.738 bits per heavy atom. The third-order valence-corrected chi connectivity index (χ3v) is 13.1. The van der Waals surface area contributed by atoms with Gasteiger partial charge in [-0.05, 0) is 86.1 Å². The fourth-order valence-corrected chi connectivity index (χ4v) is 10.6. The summed E-state index contributed by atoms with van der Waals surface area (Å²) in [6.45, 7) is 14.4. The second-order valence-electron chi connectivity index (χ2n) is 23.4. The molecule has 354 valence electrons. The highest BCUT2D eigenvalue weighted by molar-refractivity contribution is 6.22. The van der Waals surface area contributed by atoms with Gasteiger partial charge in [0.15, 0.2) is 0 Å². The maximum atomic E-state index is 14.5. The number of carbonyl (C=O) groups excluding carboxylic acids is 2. The monoisotopic (exact) mass is 896 g/mol. The minimum Gasteiger partial charge on any atom is -0.875 e. The van der Waals surface area contributed by atoms with Crippen LogP contribution in [0.2, 0.25) is 0 Å². The number of aliphatic imine (C=N–C) groups is 3.